The Bertz CT molecular complexity index is 2210. The van der Waals surface area contributed by atoms with Crippen molar-refractivity contribution in [2.45, 2.75) is 219 Å². The van der Waals surface area contributed by atoms with Crippen molar-refractivity contribution in [2.24, 2.45) is 35.5 Å². The van der Waals surface area contributed by atoms with E-state index in [-0.39, 0.29) is 73.0 Å². The number of hydrogen-bond acceptors (Lipinski definition) is 14. The average molecular weight is 1140 g/mol. The second-order valence-electron chi connectivity index (χ2n) is 25.5. The Hall–Kier alpha value is -3.65. The van der Waals surface area contributed by atoms with Gasteiger partial charge in [0.25, 0.3) is 11.7 Å². The highest BCUT2D eigenvalue weighted by atomic mass is 28.3. The van der Waals surface area contributed by atoms with E-state index in [1.54, 1.807) is 48.2 Å². The number of hydrogen-bond donors (Lipinski definition) is 2. The first kappa shape index (κ1) is 67.1. The molecule has 80 heavy (non-hydrogen) atoms. The zero-order valence-corrected chi connectivity index (χ0v) is 52.0. The van der Waals surface area contributed by atoms with Crippen LogP contribution in [0.15, 0.2) is 59.8 Å². The number of aliphatic hydroxyl groups excluding tert-OH is 1. The fourth-order valence-corrected chi connectivity index (χ4v) is 13.2. The van der Waals surface area contributed by atoms with Crippen molar-refractivity contribution in [2.75, 3.05) is 53.9 Å². The molecule has 0 spiro atoms. The largest absolute Gasteiger partial charge is 0.460 e. The van der Waals surface area contributed by atoms with Gasteiger partial charge in [-0.1, -0.05) is 97.3 Å². The maximum Gasteiger partial charge on any atom is 0.329 e. The second kappa shape index (κ2) is 31.3. The molecule has 0 radical (unpaired) electrons. The van der Waals surface area contributed by atoms with Crippen LogP contribution in [0.4, 0.5) is 0 Å². The molecule has 16 atom stereocenters. The third-order valence-electron chi connectivity index (χ3n) is 17.7. The minimum absolute atomic E-state index is 0.0114. The van der Waals surface area contributed by atoms with E-state index in [4.69, 9.17) is 33.2 Å². The third kappa shape index (κ3) is 18.7. The Balaban J connectivity index is 1.39. The number of allylic oxidation sites excluding steroid dienone is 6. The fraction of sp³-hybridized carbons (Fsp3) is 0.762. The molecule has 0 aromatic rings. The number of carbonyl (C=O) groups excluding carboxylic acids is 5. The molecule has 5 aliphatic rings. The molecule has 4 heterocycles. The molecule has 1 saturated carbocycles. The van der Waals surface area contributed by atoms with Crippen molar-refractivity contribution in [3.05, 3.63) is 59.8 Å². The second-order valence-corrected chi connectivity index (χ2v) is 30.9. The lowest BCUT2D eigenvalue weighted by Gasteiger charge is -2.42. The number of rotatable bonds is 14. The first-order valence-corrected chi connectivity index (χ1v) is 33.6. The summed E-state index contributed by atoms with van der Waals surface area (Å²) in [6.45, 7) is 26.0. The van der Waals surface area contributed by atoms with E-state index in [0.29, 0.717) is 76.7 Å². The number of cyclic esters (lactones) is 1. The van der Waals surface area contributed by atoms with E-state index in [2.05, 4.69) is 46.1 Å². The van der Waals surface area contributed by atoms with Gasteiger partial charge in [0.05, 0.1) is 51.7 Å². The van der Waals surface area contributed by atoms with Gasteiger partial charge in [-0.05, 0) is 125 Å². The lowest BCUT2D eigenvalue weighted by atomic mass is 9.78. The Morgan fingerprint density at radius 1 is 0.863 bits per heavy atom. The summed E-state index contributed by atoms with van der Waals surface area (Å²) < 4.78 is 43.1. The number of nitrogens with zero attached hydrogens (tertiary/aromatic N) is 2. The molecule has 2 bridgehead atoms. The van der Waals surface area contributed by atoms with Gasteiger partial charge in [-0.25, -0.2) is 4.79 Å². The molecule has 452 valence electrons. The van der Waals surface area contributed by atoms with Gasteiger partial charge in [0.15, 0.2) is 0 Å². The monoisotopic (exact) mass is 1140 g/mol. The normalized spacial score (nSPS) is 37.3. The Kier molecular flexibility index (Phi) is 26.3. The van der Waals surface area contributed by atoms with Crippen LogP contribution in [0, 0.1) is 35.5 Å². The van der Waals surface area contributed by atoms with Gasteiger partial charge in [-0.15, -0.1) is 0 Å². The van der Waals surface area contributed by atoms with Gasteiger partial charge < -0.3 is 53.2 Å². The number of Topliss-reactive ketones (excluding diaryl/α,β-unsaturated/α-hetero) is 2. The van der Waals surface area contributed by atoms with Crippen molar-refractivity contribution in [3.63, 3.8) is 0 Å². The molecular weight excluding hydrogens is 1040 g/mol. The van der Waals surface area contributed by atoms with Crippen LogP contribution >= 0.6 is 0 Å². The van der Waals surface area contributed by atoms with Crippen molar-refractivity contribution in [1.82, 2.24) is 9.80 Å². The molecule has 5 rings (SSSR count). The number of carbonyl (C=O) groups is 5. The first-order valence-electron chi connectivity index (χ1n) is 29.9. The van der Waals surface area contributed by atoms with Crippen molar-refractivity contribution >= 4 is 37.4 Å². The lowest BCUT2D eigenvalue weighted by Crippen LogP contribution is -2.61. The predicted molar refractivity (Wildman–Crippen MR) is 312 cm³/mol. The zero-order valence-electron chi connectivity index (χ0n) is 51.0. The van der Waals surface area contributed by atoms with Crippen LogP contribution < -0.4 is 0 Å². The van der Waals surface area contributed by atoms with Crippen LogP contribution in [0.2, 0.25) is 19.6 Å². The van der Waals surface area contributed by atoms with Crippen LogP contribution in [-0.2, 0) is 57.1 Å². The van der Waals surface area contributed by atoms with E-state index in [1.807, 2.05) is 43.1 Å². The minimum atomic E-state index is -2.43. The standard InChI is InChI=1S/C63H102N2O14Si/c1-40-20-16-15-17-21-41(2)54(73-9)36-50-26-23-46(7)63(72,79-50)60(69)61(70)65-29-19-18-22-51(65)62(71)78-55(37-52(66)43(4)33-45(6)58(68)59(75-11)47(8)42(3)32-40)44(5)34-48-24-27-53(56(35-48)74-10)77-38-49-25-28-57(67)64(49)30-31-76-39-80(12,13)14/h15-17,20-21,33,40,42-44,46,48-51,53-56,58-59,68,72H,8,18-19,22-32,34-39H2,1-7,9-14H3/b17-15+,20-16+,41-21+,45-33+/t40-,42-,43-,44-,46-,48+,49?,50+,51+,53-,54+,55+,56-,58-,59+,63-/m1/s1. The molecule has 0 aromatic heterocycles. The maximum atomic E-state index is 14.7. The smallest absolute Gasteiger partial charge is 0.329 e. The summed E-state index contributed by atoms with van der Waals surface area (Å²) in [4.78, 5) is 74.1. The van der Waals surface area contributed by atoms with Crippen LogP contribution in [0.25, 0.3) is 0 Å². The van der Waals surface area contributed by atoms with Gasteiger partial charge in [-0.3, -0.25) is 19.2 Å². The molecule has 2 N–H and O–H groups in total. The highest BCUT2D eigenvalue weighted by Gasteiger charge is 2.53. The molecule has 1 aliphatic carbocycles. The topological polar surface area (TPSA) is 197 Å². The van der Waals surface area contributed by atoms with Crippen molar-refractivity contribution in [3.8, 4) is 0 Å². The van der Waals surface area contributed by atoms with E-state index in [9.17, 15) is 34.2 Å². The summed E-state index contributed by atoms with van der Waals surface area (Å²) in [6, 6.07) is -1.17. The summed E-state index contributed by atoms with van der Waals surface area (Å²) in [5.41, 5.74) is 2.19. The number of piperidine rings is 1. The zero-order chi connectivity index (χ0) is 59.1. The quantitative estimate of drug-likeness (QED) is 0.0549. The lowest BCUT2D eigenvalue weighted by molar-refractivity contribution is -0.265. The van der Waals surface area contributed by atoms with E-state index < -0.39 is 79.9 Å². The van der Waals surface area contributed by atoms with Crippen LogP contribution in [-0.4, -0.2) is 172 Å². The molecule has 3 saturated heterocycles. The molecule has 4 aliphatic heterocycles. The molecule has 1 unspecified atom stereocenters. The SMILES string of the molecule is C=C1[C@H](C)C[C@H](C)/C=C/C=C/C=C(\C)[C@@H](OC)C[C@@H]2CC[C@@H](C)[C@@](O)(O2)C(=O)C(=O)N2CCCC[C@H]2C(=O)O[C@H]([C@H](C)C[C@@H]2CC[C@@H](OCC3CCC(=O)N3CCOC[Si](C)(C)C)[C@H](OC)C2)CC(=O)[C@H](C)/C=C(\C)[C@@H](O)[C@H]1OC. The molecule has 16 nitrogen and oxygen atoms in total. The summed E-state index contributed by atoms with van der Waals surface area (Å²) in [7, 11) is 3.46. The number of methoxy groups -OCH3 is 3. The first-order chi connectivity index (χ1) is 37.8. The Morgan fingerprint density at radius 2 is 1.60 bits per heavy atom. The summed E-state index contributed by atoms with van der Waals surface area (Å²) in [6.07, 6.45) is 15.6. The van der Waals surface area contributed by atoms with Crippen LogP contribution in [0.1, 0.15) is 138 Å². The Morgan fingerprint density at radius 3 is 2.29 bits per heavy atom. The molecule has 2 amide bonds. The molecule has 0 aromatic carbocycles. The van der Waals surface area contributed by atoms with Gasteiger partial charge in [0.1, 0.15) is 30.1 Å². The molecule has 4 fully saturated rings. The van der Waals surface area contributed by atoms with E-state index >= 15 is 0 Å². The third-order valence-corrected chi connectivity index (χ3v) is 18.7. The highest BCUT2D eigenvalue weighted by molar-refractivity contribution is 6.76. The van der Waals surface area contributed by atoms with Crippen LogP contribution in [0.5, 0.6) is 0 Å². The van der Waals surface area contributed by atoms with Gasteiger partial charge >= 0.3 is 5.97 Å². The average Bonchev–Trinajstić information content (AvgIpc) is 3.79. The predicted octanol–water partition coefficient (Wildman–Crippen LogP) is 9.08. The Labute approximate surface area is 480 Å². The van der Waals surface area contributed by atoms with Gasteiger partial charge in [0, 0.05) is 71.7 Å². The van der Waals surface area contributed by atoms with E-state index in [0.717, 1.165) is 43.1 Å². The number of amides is 2. The molecular formula is C63H102N2O14Si. The highest BCUT2D eigenvalue weighted by Crippen LogP contribution is 2.39. The number of likely N-dealkylation sites (tertiary alicyclic amines) is 1. The number of ether oxygens (including phenoxy) is 7. The van der Waals surface area contributed by atoms with E-state index in [1.165, 1.54) is 4.90 Å². The fourth-order valence-electron chi connectivity index (χ4n) is 12.5. The number of esters is 1. The van der Waals surface area contributed by atoms with Gasteiger partial charge in [0.2, 0.25) is 11.7 Å². The summed E-state index contributed by atoms with van der Waals surface area (Å²) >= 11 is 0. The number of aliphatic hydroxyl groups is 2. The number of fused-ring (bicyclic) bond motifs is 3. The number of ketones is 2. The summed E-state index contributed by atoms with van der Waals surface area (Å²) in [5.74, 6) is -6.81. The van der Waals surface area contributed by atoms with Crippen LogP contribution in [0.3, 0.4) is 0 Å². The van der Waals surface area contributed by atoms with Crippen molar-refractivity contribution in [1.29, 1.82) is 0 Å². The maximum absolute atomic E-state index is 14.7. The van der Waals surface area contributed by atoms with Gasteiger partial charge in [-0.2, -0.15) is 0 Å². The molecule has 17 heteroatoms. The van der Waals surface area contributed by atoms with Crippen molar-refractivity contribution < 1.29 is 67.3 Å². The summed E-state index contributed by atoms with van der Waals surface area (Å²) in [5, 5.41) is 23.8. The minimum Gasteiger partial charge on any atom is -0.460 e.